The molecule has 0 aliphatic heterocycles. The van der Waals surface area contributed by atoms with E-state index in [2.05, 4.69) is 6.07 Å². The molecule has 0 fully saturated rings. The van der Waals surface area contributed by atoms with Gasteiger partial charge in [0, 0.05) is 16.3 Å². The van der Waals surface area contributed by atoms with Gasteiger partial charge in [0.2, 0.25) is 0 Å². The first kappa shape index (κ1) is 11.6. The molecule has 0 bridgehead atoms. The van der Waals surface area contributed by atoms with Crippen molar-refractivity contribution in [3.8, 4) is 0 Å². The Morgan fingerprint density at radius 3 is 2.50 bits per heavy atom. The Bertz CT molecular complexity index is 422. The van der Waals surface area contributed by atoms with Crippen LogP contribution >= 0.6 is 22.9 Å². The Hall–Kier alpha value is -0.830. The van der Waals surface area contributed by atoms with Gasteiger partial charge in [0.1, 0.15) is 0 Å². The summed E-state index contributed by atoms with van der Waals surface area (Å²) in [6.07, 6.45) is 1.08. The summed E-state index contributed by atoms with van der Waals surface area (Å²) in [7, 11) is 0. The summed E-state index contributed by atoms with van der Waals surface area (Å²) in [4.78, 5) is 1.22. The fourth-order valence-electron chi connectivity index (χ4n) is 1.63. The zero-order chi connectivity index (χ0) is 11.4. The summed E-state index contributed by atoms with van der Waals surface area (Å²) in [5.41, 5.74) is 1.12. The van der Waals surface area contributed by atoms with E-state index >= 15 is 0 Å². The van der Waals surface area contributed by atoms with Crippen molar-refractivity contribution in [3.05, 3.63) is 57.2 Å². The molecule has 1 aromatic carbocycles. The van der Waals surface area contributed by atoms with Crippen LogP contribution in [0.5, 0.6) is 0 Å². The molecule has 0 radical (unpaired) electrons. The van der Waals surface area contributed by atoms with Crippen LogP contribution in [0.3, 0.4) is 0 Å². The van der Waals surface area contributed by atoms with Crippen molar-refractivity contribution in [1.29, 1.82) is 0 Å². The molecule has 84 valence electrons. The SMILES string of the molecule is OC(Cc1ccc(Cl)cc1)Cc1cccs1. The Labute approximate surface area is 104 Å². The van der Waals surface area contributed by atoms with Crippen molar-refractivity contribution >= 4 is 22.9 Å². The predicted molar refractivity (Wildman–Crippen MR) is 69.2 cm³/mol. The average Bonchev–Trinajstić information content (AvgIpc) is 2.74. The molecule has 1 nitrogen and oxygen atoms in total. The summed E-state index contributed by atoms with van der Waals surface area (Å²) in [5.74, 6) is 0. The molecule has 1 N–H and O–H groups in total. The largest absolute Gasteiger partial charge is 0.392 e. The van der Waals surface area contributed by atoms with Gasteiger partial charge in [0.05, 0.1) is 6.10 Å². The van der Waals surface area contributed by atoms with Crippen LogP contribution in [0.25, 0.3) is 0 Å². The minimum atomic E-state index is -0.320. The third-order valence-electron chi connectivity index (χ3n) is 2.40. The minimum absolute atomic E-state index is 0.320. The number of hydrogen-bond donors (Lipinski definition) is 1. The maximum absolute atomic E-state index is 9.92. The highest BCUT2D eigenvalue weighted by Gasteiger charge is 2.07. The molecule has 16 heavy (non-hydrogen) atoms. The molecule has 0 aliphatic carbocycles. The van der Waals surface area contributed by atoms with Crippen LogP contribution in [0, 0.1) is 0 Å². The minimum Gasteiger partial charge on any atom is -0.392 e. The quantitative estimate of drug-likeness (QED) is 0.882. The van der Waals surface area contributed by atoms with Gasteiger partial charge >= 0.3 is 0 Å². The lowest BCUT2D eigenvalue weighted by molar-refractivity contribution is 0.176. The van der Waals surface area contributed by atoms with Gasteiger partial charge in [-0.25, -0.2) is 0 Å². The van der Waals surface area contributed by atoms with Gasteiger partial charge in [-0.3, -0.25) is 0 Å². The van der Waals surface area contributed by atoms with E-state index in [1.807, 2.05) is 35.7 Å². The van der Waals surface area contributed by atoms with E-state index in [1.165, 1.54) is 4.88 Å². The molecule has 2 aromatic rings. The van der Waals surface area contributed by atoms with Crippen molar-refractivity contribution in [2.24, 2.45) is 0 Å². The first-order valence-corrected chi connectivity index (χ1v) is 6.44. The van der Waals surface area contributed by atoms with Crippen molar-refractivity contribution in [1.82, 2.24) is 0 Å². The Kier molecular flexibility index (Phi) is 3.99. The van der Waals surface area contributed by atoms with Crippen LogP contribution in [0.4, 0.5) is 0 Å². The highest BCUT2D eigenvalue weighted by molar-refractivity contribution is 7.09. The van der Waals surface area contributed by atoms with Gasteiger partial charge in [-0.1, -0.05) is 29.8 Å². The number of benzene rings is 1. The number of rotatable bonds is 4. The van der Waals surface area contributed by atoms with Crippen LogP contribution < -0.4 is 0 Å². The number of thiophene rings is 1. The van der Waals surface area contributed by atoms with Crippen LogP contribution in [-0.4, -0.2) is 11.2 Å². The second-order valence-electron chi connectivity index (χ2n) is 3.77. The molecular formula is C13H13ClOS. The fourth-order valence-corrected chi connectivity index (χ4v) is 2.53. The topological polar surface area (TPSA) is 20.2 Å². The molecule has 1 unspecified atom stereocenters. The highest BCUT2D eigenvalue weighted by Crippen LogP contribution is 2.15. The van der Waals surface area contributed by atoms with Crippen LogP contribution in [0.2, 0.25) is 5.02 Å². The zero-order valence-corrected chi connectivity index (χ0v) is 10.3. The van der Waals surface area contributed by atoms with Gasteiger partial charge in [-0.05, 0) is 35.6 Å². The monoisotopic (exact) mass is 252 g/mol. The molecule has 1 heterocycles. The number of aliphatic hydroxyl groups is 1. The molecule has 1 aromatic heterocycles. The maximum Gasteiger partial charge on any atom is 0.0628 e. The molecule has 3 heteroatoms. The lowest BCUT2D eigenvalue weighted by atomic mass is 10.1. The normalized spacial score (nSPS) is 12.6. The van der Waals surface area contributed by atoms with Crippen molar-refractivity contribution in [2.45, 2.75) is 18.9 Å². The number of aliphatic hydroxyl groups excluding tert-OH is 1. The molecule has 2 rings (SSSR count). The molecule has 0 saturated carbocycles. The van der Waals surface area contributed by atoms with E-state index in [0.717, 1.165) is 17.0 Å². The van der Waals surface area contributed by atoms with E-state index in [0.29, 0.717) is 6.42 Å². The van der Waals surface area contributed by atoms with E-state index in [9.17, 15) is 5.11 Å². The fraction of sp³-hybridized carbons (Fsp3) is 0.231. The van der Waals surface area contributed by atoms with Crippen molar-refractivity contribution in [3.63, 3.8) is 0 Å². The Morgan fingerprint density at radius 1 is 1.12 bits per heavy atom. The van der Waals surface area contributed by atoms with E-state index in [1.54, 1.807) is 11.3 Å². The van der Waals surface area contributed by atoms with E-state index < -0.39 is 0 Å². The van der Waals surface area contributed by atoms with Crippen molar-refractivity contribution in [2.75, 3.05) is 0 Å². The first-order valence-electron chi connectivity index (χ1n) is 5.19. The van der Waals surface area contributed by atoms with Crippen molar-refractivity contribution < 1.29 is 5.11 Å². The number of hydrogen-bond acceptors (Lipinski definition) is 2. The van der Waals surface area contributed by atoms with E-state index in [4.69, 9.17) is 11.6 Å². The second kappa shape index (κ2) is 5.48. The molecule has 0 amide bonds. The van der Waals surface area contributed by atoms with E-state index in [-0.39, 0.29) is 6.10 Å². The Balaban J connectivity index is 1.92. The smallest absolute Gasteiger partial charge is 0.0628 e. The first-order chi connectivity index (χ1) is 7.74. The summed E-state index contributed by atoms with van der Waals surface area (Å²) in [5, 5.41) is 12.7. The molecular weight excluding hydrogens is 240 g/mol. The summed E-state index contributed by atoms with van der Waals surface area (Å²) in [6, 6.07) is 11.7. The second-order valence-corrected chi connectivity index (χ2v) is 5.24. The predicted octanol–water partition coefficient (Wildman–Crippen LogP) is 3.55. The van der Waals surface area contributed by atoms with Gasteiger partial charge in [-0.15, -0.1) is 11.3 Å². The van der Waals surface area contributed by atoms with Crippen LogP contribution in [-0.2, 0) is 12.8 Å². The van der Waals surface area contributed by atoms with Crippen LogP contribution in [0.15, 0.2) is 41.8 Å². The lowest BCUT2D eigenvalue weighted by Gasteiger charge is -2.09. The zero-order valence-electron chi connectivity index (χ0n) is 8.77. The van der Waals surface area contributed by atoms with Gasteiger partial charge < -0.3 is 5.11 Å². The van der Waals surface area contributed by atoms with Gasteiger partial charge in [0.15, 0.2) is 0 Å². The van der Waals surface area contributed by atoms with Gasteiger partial charge in [0.25, 0.3) is 0 Å². The summed E-state index contributed by atoms with van der Waals surface area (Å²) in [6.45, 7) is 0. The third kappa shape index (κ3) is 3.34. The standard InChI is InChI=1S/C13H13ClOS/c14-11-5-3-10(4-6-11)8-12(15)9-13-2-1-7-16-13/h1-7,12,15H,8-9H2. The van der Waals surface area contributed by atoms with Crippen LogP contribution in [0.1, 0.15) is 10.4 Å². The summed E-state index contributed by atoms with van der Waals surface area (Å²) >= 11 is 7.49. The average molecular weight is 253 g/mol. The number of halogens is 1. The summed E-state index contributed by atoms with van der Waals surface area (Å²) < 4.78 is 0. The lowest BCUT2D eigenvalue weighted by Crippen LogP contribution is -2.12. The molecule has 0 saturated heterocycles. The molecule has 1 atom stereocenters. The maximum atomic E-state index is 9.92. The molecule has 0 aliphatic rings. The third-order valence-corrected chi connectivity index (χ3v) is 3.55. The highest BCUT2D eigenvalue weighted by atomic mass is 35.5. The van der Waals surface area contributed by atoms with Gasteiger partial charge in [-0.2, -0.15) is 0 Å². The molecule has 0 spiro atoms. The Morgan fingerprint density at radius 2 is 1.88 bits per heavy atom.